The largest absolute Gasteiger partial charge is 0.416 e. The molecule has 0 atom stereocenters. The topological polar surface area (TPSA) is 49.6 Å². The zero-order valence-electron chi connectivity index (χ0n) is 17.5. The van der Waals surface area contributed by atoms with E-state index in [2.05, 4.69) is 15.1 Å². The van der Waals surface area contributed by atoms with Gasteiger partial charge in [0.25, 0.3) is 0 Å². The van der Waals surface area contributed by atoms with E-state index in [-0.39, 0.29) is 12.1 Å². The van der Waals surface area contributed by atoms with Crippen molar-refractivity contribution in [1.29, 1.82) is 0 Å². The minimum Gasteiger partial charge on any atom is -0.321 e. The minimum atomic E-state index is -4.40. The average molecular weight is 471 g/mol. The summed E-state index contributed by atoms with van der Waals surface area (Å²) in [5, 5.41) is 4.79. The summed E-state index contributed by atoms with van der Waals surface area (Å²) >= 11 is 1.56. The number of benzene rings is 2. The van der Waals surface area contributed by atoms with Crippen molar-refractivity contribution in [3.63, 3.8) is 0 Å². The molecule has 2 amide bonds. The lowest BCUT2D eigenvalue weighted by Gasteiger charge is -2.23. The van der Waals surface area contributed by atoms with Gasteiger partial charge in [-0.05, 0) is 37.1 Å². The van der Waals surface area contributed by atoms with Gasteiger partial charge in [0.2, 0.25) is 0 Å². The van der Waals surface area contributed by atoms with Crippen LogP contribution < -0.4 is 5.32 Å². The van der Waals surface area contributed by atoms with Crippen LogP contribution in [0.1, 0.15) is 24.1 Å². The molecule has 1 aliphatic carbocycles. The van der Waals surface area contributed by atoms with E-state index in [1.165, 1.54) is 12.1 Å². The van der Waals surface area contributed by atoms with Crippen molar-refractivity contribution in [3.8, 4) is 11.3 Å². The molecule has 0 aliphatic heterocycles. The zero-order valence-corrected chi connectivity index (χ0v) is 18.4. The maximum absolute atomic E-state index is 12.9. The normalized spacial score (nSPS) is 13.9. The van der Waals surface area contributed by atoms with Gasteiger partial charge >= 0.3 is 12.2 Å². The van der Waals surface area contributed by atoms with Crippen LogP contribution in [0.4, 0.5) is 23.7 Å². The van der Waals surface area contributed by atoms with Crippen LogP contribution in [0.3, 0.4) is 0 Å². The number of amides is 2. The molecule has 0 radical (unpaired) electrons. The number of halogens is 3. The molecule has 170 valence electrons. The van der Waals surface area contributed by atoms with Gasteiger partial charge in [-0.3, -0.25) is 4.40 Å². The first-order valence-corrected chi connectivity index (χ1v) is 11.5. The summed E-state index contributed by atoms with van der Waals surface area (Å²) in [7, 11) is 0. The number of hydrogen-bond donors (Lipinski definition) is 1. The lowest BCUT2D eigenvalue weighted by Crippen LogP contribution is -2.38. The van der Waals surface area contributed by atoms with E-state index in [1.807, 2.05) is 36.5 Å². The number of urea groups is 1. The maximum Gasteiger partial charge on any atom is 0.416 e. The van der Waals surface area contributed by atoms with Crippen molar-refractivity contribution in [3.05, 3.63) is 77.4 Å². The number of fused-ring (bicyclic) bond motifs is 1. The zero-order chi connectivity index (χ0) is 23.0. The molecule has 33 heavy (non-hydrogen) atoms. The number of hydrogen-bond acceptors (Lipinski definition) is 3. The predicted octanol–water partition coefficient (Wildman–Crippen LogP) is 6.32. The van der Waals surface area contributed by atoms with E-state index in [1.54, 1.807) is 16.2 Å². The third-order valence-corrected chi connectivity index (χ3v) is 6.56. The Bertz CT molecular complexity index is 1260. The average Bonchev–Trinajstić information content (AvgIpc) is 3.43. The Hall–Kier alpha value is -3.33. The monoisotopic (exact) mass is 470 g/mol. The van der Waals surface area contributed by atoms with E-state index >= 15 is 0 Å². The van der Waals surface area contributed by atoms with Crippen LogP contribution in [0.25, 0.3) is 16.2 Å². The second kappa shape index (κ2) is 8.55. The molecule has 5 rings (SSSR count). The Morgan fingerprint density at radius 1 is 1.12 bits per heavy atom. The Morgan fingerprint density at radius 2 is 1.85 bits per heavy atom. The fraction of sp³-hybridized carbons (Fsp3) is 0.250. The molecule has 0 saturated heterocycles. The summed E-state index contributed by atoms with van der Waals surface area (Å²) in [5.41, 5.74) is 2.63. The van der Waals surface area contributed by atoms with Crippen LogP contribution in [0.5, 0.6) is 0 Å². The molecule has 1 N–H and O–H groups in total. The van der Waals surface area contributed by atoms with Crippen molar-refractivity contribution >= 4 is 28.0 Å². The number of carbonyl (C=O) groups excluding carboxylic acids is 1. The Labute approximate surface area is 192 Å². The van der Waals surface area contributed by atoms with Gasteiger partial charge in [0.05, 0.1) is 11.3 Å². The molecule has 2 aromatic heterocycles. The van der Waals surface area contributed by atoms with Gasteiger partial charge in [0.1, 0.15) is 0 Å². The molecule has 2 aromatic carbocycles. The van der Waals surface area contributed by atoms with Crippen LogP contribution >= 0.6 is 11.3 Å². The van der Waals surface area contributed by atoms with Gasteiger partial charge < -0.3 is 10.2 Å². The van der Waals surface area contributed by atoms with Crippen molar-refractivity contribution in [2.24, 2.45) is 0 Å². The van der Waals surface area contributed by atoms with E-state index in [0.29, 0.717) is 18.7 Å². The molecule has 0 bridgehead atoms. The number of nitrogens with zero attached hydrogens (tertiary/aromatic N) is 3. The summed E-state index contributed by atoms with van der Waals surface area (Å²) in [6.45, 7) is 0.516. The SMILES string of the molecule is O=C(Nc1ccc(C(F)(F)F)cc1)N(CCc1csc2nc(-c3ccccc3)cn12)C1CC1. The molecule has 1 fully saturated rings. The van der Waals surface area contributed by atoms with E-state index < -0.39 is 11.7 Å². The fourth-order valence-electron chi connectivity index (χ4n) is 3.77. The highest BCUT2D eigenvalue weighted by Crippen LogP contribution is 2.31. The van der Waals surface area contributed by atoms with Gasteiger partial charge in [0.15, 0.2) is 4.96 Å². The second-order valence-corrected chi connectivity index (χ2v) is 8.89. The Kier molecular flexibility index (Phi) is 5.57. The maximum atomic E-state index is 12.9. The Balaban J connectivity index is 1.27. The first-order chi connectivity index (χ1) is 15.9. The summed E-state index contributed by atoms with van der Waals surface area (Å²) in [4.78, 5) is 20.2. The number of nitrogens with one attached hydrogen (secondary N) is 1. The molecule has 1 aliphatic rings. The molecule has 4 aromatic rings. The van der Waals surface area contributed by atoms with Crippen LogP contribution in [-0.2, 0) is 12.6 Å². The van der Waals surface area contributed by atoms with Crippen molar-refractivity contribution in [2.45, 2.75) is 31.5 Å². The summed E-state index contributed by atoms with van der Waals surface area (Å²) in [6.07, 6.45) is 0.134. The smallest absolute Gasteiger partial charge is 0.321 e. The van der Waals surface area contributed by atoms with Gasteiger partial charge in [-0.1, -0.05) is 30.3 Å². The highest BCUT2D eigenvalue weighted by molar-refractivity contribution is 7.15. The number of rotatable bonds is 6. The van der Waals surface area contributed by atoms with E-state index in [0.717, 1.165) is 46.9 Å². The first-order valence-electron chi connectivity index (χ1n) is 10.6. The summed E-state index contributed by atoms with van der Waals surface area (Å²) in [6, 6.07) is 14.4. The van der Waals surface area contributed by atoms with Gasteiger partial charge in [-0.15, -0.1) is 11.3 Å². The number of anilines is 1. The van der Waals surface area contributed by atoms with Gasteiger partial charge in [-0.25, -0.2) is 9.78 Å². The van der Waals surface area contributed by atoms with Crippen LogP contribution in [0.2, 0.25) is 0 Å². The fourth-order valence-corrected chi connectivity index (χ4v) is 4.67. The van der Waals surface area contributed by atoms with Gasteiger partial charge in [0, 0.05) is 47.5 Å². The highest BCUT2D eigenvalue weighted by atomic mass is 32.1. The molecule has 2 heterocycles. The predicted molar refractivity (Wildman–Crippen MR) is 122 cm³/mol. The lowest BCUT2D eigenvalue weighted by atomic mass is 10.2. The second-order valence-electron chi connectivity index (χ2n) is 8.05. The molecular weight excluding hydrogens is 449 g/mol. The number of thiazole rings is 1. The van der Waals surface area contributed by atoms with Gasteiger partial charge in [-0.2, -0.15) is 13.2 Å². The quantitative estimate of drug-likeness (QED) is 0.358. The molecule has 0 unspecified atom stereocenters. The summed E-state index contributed by atoms with van der Waals surface area (Å²) in [5.74, 6) is 0. The van der Waals surface area contributed by atoms with Crippen molar-refractivity contribution in [1.82, 2.24) is 14.3 Å². The first kappa shape index (κ1) is 21.5. The number of imidazole rings is 1. The highest BCUT2D eigenvalue weighted by Gasteiger charge is 2.33. The Morgan fingerprint density at radius 3 is 2.52 bits per heavy atom. The third-order valence-electron chi connectivity index (χ3n) is 5.67. The van der Waals surface area contributed by atoms with Crippen molar-refractivity contribution in [2.75, 3.05) is 11.9 Å². The lowest BCUT2D eigenvalue weighted by molar-refractivity contribution is -0.137. The van der Waals surface area contributed by atoms with Crippen LogP contribution in [-0.4, -0.2) is 32.9 Å². The molecule has 5 nitrogen and oxygen atoms in total. The minimum absolute atomic E-state index is 0.163. The molecule has 0 spiro atoms. The van der Waals surface area contributed by atoms with Crippen molar-refractivity contribution < 1.29 is 18.0 Å². The van der Waals surface area contributed by atoms with Crippen LogP contribution in [0, 0.1) is 0 Å². The van der Waals surface area contributed by atoms with E-state index in [9.17, 15) is 18.0 Å². The third kappa shape index (κ3) is 4.73. The molecule has 1 saturated carbocycles. The number of carbonyl (C=O) groups is 1. The van der Waals surface area contributed by atoms with Crippen LogP contribution in [0.15, 0.2) is 66.2 Å². The summed E-state index contributed by atoms with van der Waals surface area (Å²) < 4.78 is 40.4. The standard InChI is InChI=1S/C24H21F3N4OS/c25-24(26,27)17-6-8-18(9-7-17)28-22(32)30(19-10-11-19)13-12-20-15-33-23-29-21(14-31(20)23)16-4-2-1-3-5-16/h1-9,14-15,19H,10-13H2,(H,28,32). The number of alkyl halides is 3. The molecular formula is C24H21F3N4OS. The van der Waals surface area contributed by atoms with E-state index in [4.69, 9.17) is 4.98 Å². The molecule has 9 heteroatoms. The number of aromatic nitrogens is 2.